The Morgan fingerprint density at radius 1 is 1.37 bits per heavy atom. The van der Waals surface area contributed by atoms with Gasteiger partial charge >= 0.3 is 0 Å². The molecule has 0 aliphatic heterocycles. The van der Waals surface area contributed by atoms with Crippen LogP contribution in [0.1, 0.15) is 16.5 Å². The largest absolute Gasteiger partial charge is 0.272 e. The van der Waals surface area contributed by atoms with Crippen LogP contribution in [0.25, 0.3) is 0 Å². The van der Waals surface area contributed by atoms with Gasteiger partial charge in [-0.25, -0.2) is 0 Å². The number of alkyl halides is 1. The van der Waals surface area contributed by atoms with Crippen molar-refractivity contribution in [2.75, 3.05) is 0 Å². The average molecular weight is 426 g/mol. The van der Waals surface area contributed by atoms with Gasteiger partial charge in [-0.15, -0.1) is 22.9 Å². The zero-order valence-corrected chi connectivity index (χ0v) is 14.2. The average Bonchev–Trinajstić information content (AvgIpc) is 2.69. The molecule has 1 unspecified atom stereocenters. The van der Waals surface area contributed by atoms with Crippen LogP contribution in [-0.4, -0.2) is 4.92 Å². The van der Waals surface area contributed by atoms with Crippen LogP contribution in [0.15, 0.2) is 37.9 Å². The number of para-hydroxylation sites is 1. The number of benzene rings is 1. The molecule has 1 heterocycles. The summed E-state index contributed by atoms with van der Waals surface area (Å²) in [5.74, 6) is 0. The summed E-state index contributed by atoms with van der Waals surface area (Å²) in [6.45, 7) is 0. The van der Waals surface area contributed by atoms with Crippen molar-refractivity contribution < 1.29 is 4.92 Å². The standard InChI is InChI=1S/C12H8Br2ClNO2S/c13-11-6-8(12(14)19-11)9(15)5-7-3-1-2-4-10(7)16(17)18/h1-4,6,9H,5H2. The Kier molecular flexibility index (Phi) is 5.00. The third-order valence-corrected chi connectivity index (χ3v) is 5.38. The van der Waals surface area contributed by atoms with Crippen LogP contribution >= 0.6 is 54.8 Å². The maximum Gasteiger partial charge on any atom is 0.272 e. The van der Waals surface area contributed by atoms with Gasteiger partial charge in [-0.2, -0.15) is 0 Å². The van der Waals surface area contributed by atoms with Crippen LogP contribution in [0.3, 0.4) is 0 Å². The number of halogens is 3. The van der Waals surface area contributed by atoms with E-state index < -0.39 is 0 Å². The van der Waals surface area contributed by atoms with Gasteiger partial charge in [0.1, 0.15) is 0 Å². The highest BCUT2D eigenvalue weighted by Gasteiger charge is 2.20. The SMILES string of the molecule is O=[N+]([O-])c1ccccc1CC(Cl)c1cc(Br)sc1Br. The molecule has 0 radical (unpaired) electrons. The second kappa shape index (κ2) is 6.35. The molecule has 7 heteroatoms. The lowest BCUT2D eigenvalue weighted by molar-refractivity contribution is -0.385. The van der Waals surface area contributed by atoms with E-state index in [-0.39, 0.29) is 16.0 Å². The molecule has 3 nitrogen and oxygen atoms in total. The normalized spacial score (nSPS) is 12.4. The molecule has 0 aliphatic rings. The summed E-state index contributed by atoms with van der Waals surface area (Å²) < 4.78 is 1.92. The molecule has 0 bridgehead atoms. The molecule has 1 atom stereocenters. The number of hydrogen-bond acceptors (Lipinski definition) is 3. The van der Waals surface area contributed by atoms with Crippen LogP contribution in [-0.2, 0) is 6.42 Å². The Balaban J connectivity index is 2.26. The lowest BCUT2D eigenvalue weighted by Crippen LogP contribution is -1.99. The number of hydrogen-bond donors (Lipinski definition) is 0. The van der Waals surface area contributed by atoms with Crippen molar-refractivity contribution in [1.82, 2.24) is 0 Å². The Labute approximate surface area is 136 Å². The molecule has 100 valence electrons. The molecule has 0 saturated carbocycles. The summed E-state index contributed by atoms with van der Waals surface area (Å²) in [6.07, 6.45) is 0.417. The Bertz CT molecular complexity index is 618. The van der Waals surface area contributed by atoms with E-state index in [1.807, 2.05) is 6.07 Å². The minimum absolute atomic E-state index is 0.110. The summed E-state index contributed by atoms with van der Waals surface area (Å²) in [5, 5.41) is 10.7. The molecule has 0 saturated heterocycles. The minimum Gasteiger partial charge on any atom is -0.258 e. The molecule has 0 aliphatic carbocycles. The molecule has 0 fully saturated rings. The molecule has 19 heavy (non-hydrogen) atoms. The first kappa shape index (κ1) is 15.0. The summed E-state index contributed by atoms with van der Waals surface area (Å²) >= 11 is 14.7. The van der Waals surface area contributed by atoms with Crippen LogP contribution in [0, 0.1) is 10.1 Å². The van der Waals surface area contributed by atoms with Gasteiger partial charge in [0, 0.05) is 11.6 Å². The maximum atomic E-state index is 11.0. The summed E-state index contributed by atoms with van der Waals surface area (Å²) in [4.78, 5) is 10.6. The number of rotatable bonds is 4. The first-order chi connectivity index (χ1) is 8.99. The van der Waals surface area contributed by atoms with Gasteiger partial charge in [0.05, 0.1) is 17.9 Å². The first-order valence-electron chi connectivity index (χ1n) is 5.30. The lowest BCUT2D eigenvalue weighted by atomic mass is 10.0. The number of nitrogens with zero attached hydrogens (tertiary/aromatic N) is 1. The Morgan fingerprint density at radius 2 is 2.05 bits per heavy atom. The van der Waals surface area contributed by atoms with Crippen molar-refractivity contribution in [2.45, 2.75) is 11.8 Å². The first-order valence-corrected chi connectivity index (χ1v) is 8.14. The quantitative estimate of drug-likeness (QED) is 0.358. The second-order valence-corrected chi connectivity index (χ2v) is 8.11. The predicted molar refractivity (Wildman–Crippen MR) is 85.1 cm³/mol. The second-order valence-electron chi connectivity index (χ2n) is 3.84. The zero-order chi connectivity index (χ0) is 14.0. The number of nitro groups is 1. The molecule has 1 aromatic carbocycles. The van der Waals surface area contributed by atoms with Gasteiger partial charge in [-0.3, -0.25) is 10.1 Å². The van der Waals surface area contributed by atoms with Crippen molar-refractivity contribution in [2.24, 2.45) is 0 Å². The molecule has 0 amide bonds. The fourth-order valence-corrected chi connectivity index (χ4v) is 5.24. The van der Waals surface area contributed by atoms with Gasteiger partial charge in [0.15, 0.2) is 0 Å². The van der Waals surface area contributed by atoms with E-state index in [0.717, 1.165) is 13.1 Å². The fourth-order valence-electron chi connectivity index (χ4n) is 1.73. The fraction of sp³-hybridized carbons (Fsp3) is 0.167. The van der Waals surface area contributed by atoms with Crippen molar-refractivity contribution >= 4 is 60.5 Å². The van der Waals surface area contributed by atoms with Gasteiger partial charge in [0.2, 0.25) is 0 Å². The predicted octanol–water partition coefficient (Wildman–Crippen LogP) is 5.70. The van der Waals surface area contributed by atoms with E-state index in [4.69, 9.17) is 11.6 Å². The van der Waals surface area contributed by atoms with E-state index in [1.165, 1.54) is 17.4 Å². The molecule has 0 N–H and O–H groups in total. The molecule has 0 spiro atoms. The minimum atomic E-state index is -0.377. The third-order valence-electron chi connectivity index (χ3n) is 2.61. The third kappa shape index (κ3) is 3.56. The van der Waals surface area contributed by atoms with Gasteiger partial charge in [-0.05, 0) is 49.9 Å². The summed E-state index contributed by atoms with van der Waals surface area (Å²) in [5.41, 5.74) is 1.69. The Hall–Kier alpha value is -0.430. The highest BCUT2D eigenvalue weighted by molar-refractivity contribution is 9.12. The van der Waals surface area contributed by atoms with Crippen LogP contribution < -0.4 is 0 Å². The Morgan fingerprint density at radius 3 is 2.63 bits per heavy atom. The molecular weight excluding hydrogens is 417 g/mol. The van der Waals surface area contributed by atoms with Crippen molar-refractivity contribution in [3.05, 3.63) is 59.1 Å². The van der Waals surface area contributed by atoms with Crippen molar-refractivity contribution in [3.8, 4) is 0 Å². The molecule has 2 aromatic rings. The molecule has 2 rings (SSSR count). The van der Waals surface area contributed by atoms with Gasteiger partial charge in [-0.1, -0.05) is 18.2 Å². The van der Waals surface area contributed by atoms with Gasteiger partial charge < -0.3 is 0 Å². The summed E-state index contributed by atoms with van der Waals surface area (Å²) in [6, 6.07) is 8.61. The monoisotopic (exact) mass is 423 g/mol. The van der Waals surface area contributed by atoms with Crippen molar-refractivity contribution in [1.29, 1.82) is 0 Å². The van der Waals surface area contributed by atoms with Crippen LogP contribution in [0.5, 0.6) is 0 Å². The van der Waals surface area contributed by atoms with E-state index in [1.54, 1.807) is 18.2 Å². The van der Waals surface area contributed by atoms with Crippen molar-refractivity contribution in [3.63, 3.8) is 0 Å². The number of thiophene rings is 1. The van der Waals surface area contributed by atoms with E-state index in [9.17, 15) is 10.1 Å². The lowest BCUT2D eigenvalue weighted by Gasteiger charge is -2.09. The van der Waals surface area contributed by atoms with E-state index in [2.05, 4.69) is 31.9 Å². The van der Waals surface area contributed by atoms with Gasteiger partial charge in [0.25, 0.3) is 5.69 Å². The smallest absolute Gasteiger partial charge is 0.258 e. The highest BCUT2D eigenvalue weighted by atomic mass is 79.9. The maximum absolute atomic E-state index is 11.0. The van der Waals surface area contributed by atoms with Crippen LogP contribution in [0.2, 0.25) is 0 Å². The van der Waals surface area contributed by atoms with Crippen LogP contribution in [0.4, 0.5) is 5.69 Å². The summed E-state index contributed by atoms with van der Waals surface area (Å²) in [7, 11) is 0. The van der Waals surface area contributed by atoms with E-state index in [0.29, 0.717) is 12.0 Å². The molecular formula is C12H8Br2ClNO2S. The van der Waals surface area contributed by atoms with E-state index >= 15 is 0 Å². The molecule has 1 aromatic heterocycles. The zero-order valence-electron chi connectivity index (χ0n) is 9.48. The number of nitro benzene ring substituents is 1. The highest BCUT2D eigenvalue weighted by Crippen LogP contribution is 2.40. The topological polar surface area (TPSA) is 43.1 Å².